The summed E-state index contributed by atoms with van der Waals surface area (Å²) in [7, 11) is 1.29. The molecule has 34 heavy (non-hydrogen) atoms. The van der Waals surface area contributed by atoms with Crippen molar-refractivity contribution in [1.82, 2.24) is 0 Å². The second-order valence-corrected chi connectivity index (χ2v) is 6.42. The predicted molar refractivity (Wildman–Crippen MR) is 98.5 cm³/mol. The average molecular weight is 491 g/mol. The number of hydrogen-bond acceptors (Lipinski definition) is 5. The van der Waals surface area contributed by atoms with E-state index in [0.29, 0.717) is 6.07 Å². The number of anilines is 1. The van der Waals surface area contributed by atoms with Gasteiger partial charge in [0.05, 0.1) is 11.1 Å². The molecule has 13 heteroatoms. The van der Waals surface area contributed by atoms with E-state index in [1.165, 1.54) is 7.05 Å². The van der Waals surface area contributed by atoms with Crippen molar-refractivity contribution in [1.29, 1.82) is 0 Å². The minimum atomic E-state index is -2.02. The first kappa shape index (κ1) is 24.5. The Labute approximate surface area is 184 Å². The van der Waals surface area contributed by atoms with Crippen molar-refractivity contribution in [3.8, 4) is 11.5 Å². The number of halogens is 8. The quantitative estimate of drug-likeness (QED) is 0.228. The number of nitrogens with one attached hydrogen (secondary N) is 1. The molecule has 0 aliphatic carbocycles. The normalized spacial score (nSPS) is 10.7. The monoisotopic (exact) mass is 491 g/mol. The Balaban J connectivity index is 1.97. The van der Waals surface area contributed by atoms with Crippen LogP contribution in [-0.4, -0.2) is 19.0 Å². The molecule has 5 nitrogen and oxygen atoms in total. The summed E-state index contributed by atoms with van der Waals surface area (Å²) < 4.78 is 117. The van der Waals surface area contributed by atoms with Crippen molar-refractivity contribution in [3.63, 3.8) is 0 Å². The Morgan fingerprint density at radius 1 is 0.588 bits per heavy atom. The molecular weight excluding hydrogens is 482 g/mol. The van der Waals surface area contributed by atoms with Gasteiger partial charge in [-0.1, -0.05) is 0 Å². The second kappa shape index (κ2) is 9.37. The first-order valence-electron chi connectivity index (χ1n) is 8.87. The zero-order chi connectivity index (χ0) is 25.3. The number of carbonyl (C=O) groups is 2. The third kappa shape index (κ3) is 4.63. The molecule has 3 aromatic carbocycles. The molecule has 0 saturated carbocycles. The van der Waals surface area contributed by atoms with Crippen LogP contribution in [0.3, 0.4) is 0 Å². The summed E-state index contributed by atoms with van der Waals surface area (Å²) in [5, 5.41) is 2.48. The zero-order valence-corrected chi connectivity index (χ0v) is 16.5. The van der Waals surface area contributed by atoms with Gasteiger partial charge in [-0.25, -0.2) is 27.2 Å². The highest BCUT2D eigenvalue weighted by atomic mass is 19.2. The lowest BCUT2D eigenvalue weighted by atomic mass is 10.1. The van der Waals surface area contributed by atoms with Crippen molar-refractivity contribution in [2.45, 2.75) is 0 Å². The van der Waals surface area contributed by atoms with Crippen molar-refractivity contribution >= 4 is 17.6 Å². The van der Waals surface area contributed by atoms with Gasteiger partial charge in [-0.2, -0.15) is 17.6 Å². The second-order valence-electron chi connectivity index (χ2n) is 6.42. The third-order valence-corrected chi connectivity index (χ3v) is 4.23. The van der Waals surface area contributed by atoms with E-state index in [1.54, 1.807) is 0 Å². The van der Waals surface area contributed by atoms with Crippen LogP contribution in [0.15, 0.2) is 30.3 Å². The van der Waals surface area contributed by atoms with Gasteiger partial charge in [0.1, 0.15) is 0 Å². The Bertz CT molecular complexity index is 1180. The van der Waals surface area contributed by atoms with Crippen molar-refractivity contribution in [3.05, 3.63) is 88.0 Å². The van der Waals surface area contributed by atoms with E-state index in [4.69, 9.17) is 0 Å². The maximum absolute atomic E-state index is 13.8. The molecule has 0 fully saturated rings. The molecule has 0 aromatic heterocycles. The molecule has 3 rings (SSSR count). The molecule has 0 aliphatic heterocycles. The maximum Gasteiger partial charge on any atom is 0.343 e. The minimum Gasteiger partial charge on any atom is -0.416 e. The van der Waals surface area contributed by atoms with Crippen LogP contribution in [0.4, 0.5) is 40.8 Å². The van der Waals surface area contributed by atoms with Crippen molar-refractivity contribution < 1.29 is 54.2 Å². The van der Waals surface area contributed by atoms with Crippen LogP contribution in [0.2, 0.25) is 0 Å². The van der Waals surface area contributed by atoms with Crippen LogP contribution in [0.1, 0.15) is 20.7 Å². The fourth-order valence-electron chi connectivity index (χ4n) is 2.59. The summed E-state index contributed by atoms with van der Waals surface area (Å²) in [5.74, 6) is -22.1. The Morgan fingerprint density at radius 3 is 1.21 bits per heavy atom. The van der Waals surface area contributed by atoms with Gasteiger partial charge in [0.15, 0.2) is 23.3 Å². The summed E-state index contributed by atoms with van der Waals surface area (Å²) in [6.07, 6.45) is 0. The van der Waals surface area contributed by atoms with Gasteiger partial charge in [0.25, 0.3) is 0 Å². The van der Waals surface area contributed by atoms with E-state index >= 15 is 0 Å². The van der Waals surface area contributed by atoms with E-state index < -0.39 is 81.1 Å². The van der Waals surface area contributed by atoms with Gasteiger partial charge < -0.3 is 14.8 Å². The van der Waals surface area contributed by atoms with E-state index in [1.807, 2.05) is 0 Å². The Morgan fingerprint density at radius 2 is 0.912 bits per heavy atom. The van der Waals surface area contributed by atoms with E-state index in [0.717, 1.165) is 12.1 Å². The van der Waals surface area contributed by atoms with Crippen LogP contribution in [0.25, 0.3) is 0 Å². The smallest absolute Gasteiger partial charge is 0.343 e. The molecule has 3 aromatic rings. The Kier molecular flexibility index (Phi) is 6.75. The highest BCUT2D eigenvalue weighted by Gasteiger charge is 2.26. The molecule has 0 aliphatic rings. The molecule has 0 atom stereocenters. The van der Waals surface area contributed by atoms with Gasteiger partial charge in [-0.15, -0.1) is 0 Å². The molecular formula is C21H9F8NO4. The zero-order valence-electron chi connectivity index (χ0n) is 16.5. The summed E-state index contributed by atoms with van der Waals surface area (Å²) in [6.45, 7) is 0. The van der Waals surface area contributed by atoms with E-state index in [2.05, 4.69) is 14.8 Å². The largest absolute Gasteiger partial charge is 0.416 e. The fraction of sp³-hybridized carbons (Fsp3) is 0.0476. The number of hydrogen-bond donors (Lipinski definition) is 1. The van der Waals surface area contributed by atoms with Crippen LogP contribution in [0, 0.1) is 46.5 Å². The summed E-state index contributed by atoms with van der Waals surface area (Å²) >= 11 is 0. The molecule has 0 saturated heterocycles. The Hall–Kier alpha value is -4.16. The van der Waals surface area contributed by atoms with Crippen molar-refractivity contribution in [2.24, 2.45) is 0 Å². The molecule has 0 unspecified atom stereocenters. The number of rotatable bonds is 5. The predicted octanol–water partition coefficient (Wildman–Crippen LogP) is 5.28. The van der Waals surface area contributed by atoms with Crippen LogP contribution in [0.5, 0.6) is 11.5 Å². The lowest BCUT2D eigenvalue weighted by Crippen LogP contribution is -2.16. The molecule has 178 valence electrons. The summed E-state index contributed by atoms with van der Waals surface area (Å²) in [5.41, 5.74) is -1.35. The highest BCUT2D eigenvalue weighted by Crippen LogP contribution is 2.29. The standard InChI is InChI=1S/C21H9F8NO4/c1-30-9-3-7(20(31)33-18-14(26)10(22)5-11(23)15(18)27)2-8(4-9)21(32)34-19-16(28)12(24)6-13(25)17(19)29/h2-6,30H,1H3. The van der Waals surface area contributed by atoms with Crippen LogP contribution >= 0.6 is 0 Å². The number of carbonyl (C=O) groups excluding carboxylic acids is 2. The van der Waals surface area contributed by atoms with Gasteiger partial charge in [0, 0.05) is 24.9 Å². The van der Waals surface area contributed by atoms with Gasteiger partial charge in [-0.05, 0) is 18.2 Å². The third-order valence-electron chi connectivity index (χ3n) is 4.23. The first-order valence-corrected chi connectivity index (χ1v) is 8.87. The van der Waals surface area contributed by atoms with E-state index in [9.17, 15) is 44.7 Å². The fourth-order valence-corrected chi connectivity index (χ4v) is 2.59. The average Bonchev–Trinajstić information content (AvgIpc) is 2.81. The lowest BCUT2D eigenvalue weighted by Gasteiger charge is -2.12. The lowest BCUT2D eigenvalue weighted by molar-refractivity contribution is 0.0717. The van der Waals surface area contributed by atoms with Crippen molar-refractivity contribution in [2.75, 3.05) is 12.4 Å². The number of benzene rings is 3. The van der Waals surface area contributed by atoms with Gasteiger partial charge in [0.2, 0.25) is 34.8 Å². The topological polar surface area (TPSA) is 64.6 Å². The number of esters is 2. The molecule has 1 N–H and O–H groups in total. The molecule has 0 amide bonds. The summed E-state index contributed by atoms with van der Waals surface area (Å²) in [6, 6.07) is 2.35. The first-order chi connectivity index (χ1) is 15.9. The summed E-state index contributed by atoms with van der Waals surface area (Å²) in [4.78, 5) is 24.7. The van der Waals surface area contributed by atoms with E-state index in [-0.39, 0.29) is 17.8 Å². The minimum absolute atomic E-state index is 0.0564. The van der Waals surface area contributed by atoms with Crippen LogP contribution in [-0.2, 0) is 0 Å². The molecule has 0 heterocycles. The molecule has 0 spiro atoms. The van der Waals surface area contributed by atoms with Gasteiger partial charge in [-0.3, -0.25) is 0 Å². The maximum atomic E-state index is 13.8. The number of ether oxygens (including phenoxy) is 2. The molecule has 0 radical (unpaired) electrons. The van der Waals surface area contributed by atoms with Crippen LogP contribution < -0.4 is 14.8 Å². The highest BCUT2D eigenvalue weighted by molar-refractivity contribution is 5.98. The van der Waals surface area contributed by atoms with Gasteiger partial charge >= 0.3 is 11.9 Å². The molecule has 0 bridgehead atoms. The SMILES string of the molecule is CNc1cc(C(=O)Oc2c(F)c(F)cc(F)c2F)cc(C(=O)Oc2c(F)c(F)cc(F)c2F)c1.